The van der Waals surface area contributed by atoms with Crippen LogP contribution in [-0.2, 0) is 0 Å². The molecule has 2 aromatic rings. The van der Waals surface area contributed by atoms with E-state index in [0.717, 1.165) is 52.3 Å². The first-order valence-corrected chi connectivity index (χ1v) is 8.52. The molecule has 2 aromatic carbocycles. The number of rotatable bonds is 3. The topological polar surface area (TPSA) is 29.5 Å². The van der Waals surface area contributed by atoms with Gasteiger partial charge < -0.3 is 9.84 Å². The van der Waals surface area contributed by atoms with E-state index in [9.17, 15) is 5.11 Å². The molecule has 3 rings (SSSR count). The summed E-state index contributed by atoms with van der Waals surface area (Å²) >= 11 is 5.93. The summed E-state index contributed by atoms with van der Waals surface area (Å²) in [6, 6.07) is 15.6. The second-order valence-corrected chi connectivity index (χ2v) is 6.46. The Labute approximate surface area is 148 Å². The van der Waals surface area contributed by atoms with Crippen LogP contribution in [0.3, 0.4) is 0 Å². The second-order valence-electron chi connectivity index (χ2n) is 6.02. The van der Waals surface area contributed by atoms with Gasteiger partial charge in [-0.3, -0.25) is 0 Å². The highest BCUT2D eigenvalue weighted by molar-refractivity contribution is 6.30. The quantitative estimate of drug-likeness (QED) is 0.815. The summed E-state index contributed by atoms with van der Waals surface area (Å²) in [5, 5.41) is 11.4. The van der Waals surface area contributed by atoms with Crippen LogP contribution in [0.2, 0.25) is 5.02 Å². The lowest BCUT2D eigenvalue weighted by atomic mass is 9.85. The lowest BCUT2D eigenvalue weighted by molar-refractivity contribution is 0.229. The maximum absolute atomic E-state index is 10.7. The van der Waals surface area contributed by atoms with Crippen LogP contribution in [0.15, 0.2) is 59.7 Å². The van der Waals surface area contributed by atoms with Crippen LogP contribution in [0.25, 0.3) is 12.2 Å². The van der Waals surface area contributed by atoms with E-state index in [1.165, 1.54) is 0 Å². The van der Waals surface area contributed by atoms with Gasteiger partial charge in [-0.2, -0.15) is 0 Å². The zero-order valence-electron chi connectivity index (χ0n) is 13.7. The number of benzene rings is 2. The van der Waals surface area contributed by atoms with Crippen LogP contribution in [0.1, 0.15) is 30.4 Å². The van der Waals surface area contributed by atoms with Gasteiger partial charge in [0.05, 0.1) is 13.2 Å². The van der Waals surface area contributed by atoms with Crippen molar-refractivity contribution >= 4 is 23.8 Å². The van der Waals surface area contributed by atoms with Crippen molar-refractivity contribution in [1.82, 2.24) is 0 Å². The third kappa shape index (κ3) is 4.08. The van der Waals surface area contributed by atoms with Gasteiger partial charge in [-0.05, 0) is 65.8 Å². The first kappa shape index (κ1) is 16.8. The highest BCUT2D eigenvalue weighted by atomic mass is 35.5. The molecule has 1 aliphatic rings. The van der Waals surface area contributed by atoms with Gasteiger partial charge in [-0.25, -0.2) is 0 Å². The van der Waals surface area contributed by atoms with E-state index in [1.54, 1.807) is 7.11 Å². The molecule has 24 heavy (non-hydrogen) atoms. The molecule has 124 valence electrons. The summed E-state index contributed by atoms with van der Waals surface area (Å²) in [5.74, 6) is 0.838. The third-order valence-electron chi connectivity index (χ3n) is 4.32. The smallest absolute Gasteiger partial charge is 0.118 e. The molecule has 0 aliphatic heterocycles. The normalized spacial score (nSPS) is 21.2. The van der Waals surface area contributed by atoms with Gasteiger partial charge in [-0.1, -0.05) is 48.0 Å². The van der Waals surface area contributed by atoms with E-state index in [2.05, 4.69) is 12.2 Å². The van der Waals surface area contributed by atoms with Crippen molar-refractivity contribution in [3.05, 3.63) is 75.8 Å². The van der Waals surface area contributed by atoms with Crippen molar-refractivity contribution in [3.8, 4) is 5.75 Å². The minimum absolute atomic E-state index is 0.517. The summed E-state index contributed by atoms with van der Waals surface area (Å²) in [6.07, 6.45) is 6.53. The Morgan fingerprint density at radius 3 is 1.92 bits per heavy atom. The summed E-state index contributed by atoms with van der Waals surface area (Å²) < 4.78 is 5.18. The molecule has 1 fully saturated rings. The van der Waals surface area contributed by atoms with Crippen molar-refractivity contribution in [2.45, 2.75) is 25.4 Å². The lowest BCUT2D eigenvalue weighted by Gasteiger charge is -2.24. The van der Waals surface area contributed by atoms with Gasteiger partial charge in [0.2, 0.25) is 0 Å². The van der Waals surface area contributed by atoms with Crippen LogP contribution in [-0.4, -0.2) is 18.3 Å². The average molecular weight is 341 g/mol. The van der Waals surface area contributed by atoms with Gasteiger partial charge in [-0.15, -0.1) is 0 Å². The zero-order chi connectivity index (χ0) is 16.9. The molecular weight excluding hydrogens is 320 g/mol. The molecule has 3 heteroatoms. The SMILES string of the molecule is COc1ccc(/C=C2/CCC/C(=C/c3ccc(Cl)cc3)C2O)cc1. The Morgan fingerprint density at radius 2 is 1.42 bits per heavy atom. The predicted molar refractivity (Wildman–Crippen MR) is 100 cm³/mol. The summed E-state index contributed by atoms with van der Waals surface area (Å²) in [7, 11) is 1.66. The monoisotopic (exact) mass is 340 g/mol. The minimum atomic E-state index is -0.517. The molecule has 0 radical (unpaired) electrons. The molecule has 0 aromatic heterocycles. The third-order valence-corrected chi connectivity index (χ3v) is 4.58. The van der Waals surface area contributed by atoms with E-state index >= 15 is 0 Å². The Bertz CT molecular complexity index is 742. The summed E-state index contributed by atoms with van der Waals surface area (Å²) in [4.78, 5) is 0. The molecule has 1 atom stereocenters. The number of methoxy groups -OCH3 is 1. The van der Waals surface area contributed by atoms with Crippen LogP contribution < -0.4 is 4.74 Å². The Hall–Kier alpha value is -2.03. The number of aliphatic hydroxyl groups excluding tert-OH is 1. The first-order valence-electron chi connectivity index (χ1n) is 8.14. The Balaban J connectivity index is 1.82. The van der Waals surface area contributed by atoms with E-state index in [0.29, 0.717) is 0 Å². The van der Waals surface area contributed by atoms with Crippen molar-refractivity contribution in [1.29, 1.82) is 0 Å². The van der Waals surface area contributed by atoms with E-state index < -0.39 is 6.10 Å². The van der Waals surface area contributed by atoms with Gasteiger partial charge in [0.15, 0.2) is 0 Å². The Kier molecular flexibility index (Phi) is 5.39. The maximum atomic E-state index is 10.7. The van der Waals surface area contributed by atoms with Crippen molar-refractivity contribution < 1.29 is 9.84 Å². The molecule has 0 spiro atoms. The van der Waals surface area contributed by atoms with Crippen LogP contribution in [0, 0.1) is 0 Å². The van der Waals surface area contributed by atoms with Crippen molar-refractivity contribution in [2.75, 3.05) is 7.11 Å². The van der Waals surface area contributed by atoms with Crippen LogP contribution in [0.5, 0.6) is 5.75 Å². The van der Waals surface area contributed by atoms with Gasteiger partial charge in [0, 0.05) is 5.02 Å². The minimum Gasteiger partial charge on any atom is -0.497 e. The molecule has 0 bridgehead atoms. The van der Waals surface area contributed by atoms with Gasteiger partial charge in [0.1, 0.15) is 5.75 Å². The average Bonchev–Trinajstić information content (AvgIpc) is 2.61. The van der Waals surface area contributed by atoms with E-state index in [1.807, 2.05) is 48.5 Å². The van der Waals surface area contributed by atoms with Gasteiger partial charge >= 0.3 is 0 Å². The molecule has 1 aliphatic carbocycles. The maximum Gasteiger partial charge on any atom is 0.118 e. The van der Waals surface area contributed by atoms with Crippen molar-refractivity contribution in [2.24, 2.45) is 0 Å². The Morgan fingerprint density at radius 1 is 0.917 bits per heavy atom. The number of aliphatic hydroxyl groups is 1. The number of hydrogen-bond donors (Lipinski definition) is 1. The van der Waals surface area contributed by atoms with E-state index in [-0.39, 0.29) is 0 Å². The highest BCUT2D eigenvalue weighted by Crippen LogP contribution is 2.31. The molecule has 0 saturated heterocycles. The largest absolute Gasteiger partial charge is 0.497 e. The standard InChI is InChI=1S/C21H21ClO2/c1-24-20-11-7-16(8-12-20)14-18-4-2-3-17(21(18)23)13-15-5-9-19(22)10-6-15/h5-14,21,23H,2-4H2,1H3/b17-13-,18-14-. The van der Waals surface area contributed by atoms with Crippen LogP contribution in [0.4, 0.5) is 0 Å². The number of hydrogen-bond acceptors (Lipinski definition) is 2. The summed E-state index contributed by atoms with van der Waals surface area (Å²) in [5.41, 5.74) is 4.27. The second kappa shape index (κ2) is 7.69. The predicted octanol–water partition coefficient (Wildman–Crippen LogP) is 5.36. The van der Waals surface area contributed by atoms with E-state index in [4.69, 9.17) is 16.3 Å². The zero-order valence-corrected chi connectivity index (χ0v) is 14.5. The number of ether oxygens (including phenoxy) is 1. The summed E-state index contributed by atoms with van der Waals surface area (Å²) in [6.45, 7) is 0. The molecule has 0 amide bonds. The fourth-order valence-corrected chi connectivity index (χ4v) is 3.12. The van der Waals surface area contributed by atoms with Gasteiger partial charge in [0.25, 0.3) is 0 Å². The first-order chi connectivity index (χ1) is 11.7. The van der Waals surface area contributed by atoms with Crippen LogP contribution >= 0.6 is 11.6 Å². The molecule has 1 unspecified atom stereocenters. The van der Waals surface area contributed by atoms with Crippen molar-refractivity contribution in [3.63, 3.8) is 0 Å². The molecule has 1 N–H and O–H groups in total. The highest BCUT2D eigenvalue weighted by Gasteiger charge is 2.21. The fraction of sp³-hybridized carbons (Fsp3) is 0.238. The molecule has 2 nitrogen and oxygen atoms in total. The lowest BCUT2D eigenvalue weighted by Crippen LogP contribution is -2.18. The molecule has 0 heterocycles. The fourth-order valence-electron chi connectivity index (χ4n) is 3.00. The molecular formula is C21H21ClO2. The molecule has 1 saturated carbocycles. The number of halogens is 1.